The summed E-state index contributed by atoms with van der Waals surface area (Å²) in [5.41, 5.74) is 0.345. The molecule has 1 rings (SSSR count). The molecule has 0 saturated carbocycles. The van der Waals surface area contributed by atoms with Crippen LogP contribution in [0.25, 0.3) is 0 Å². The van der Waals surface area contributed by atoms with Crippen molar-refractivity contribution in [1.82, 2.24) is 5.32 Å². The number of carbonyl (C=O) groups is 2. The van der Waals surface area contributed by atoms with Crippen molar-refractivity contribution in [1.29, 1.82) is 0 Å². The Morgan fingerprint density at radius 1 is 1.05 bits per heavy atom. The van der Waals surface area contributed by atoms with E-state index in [1.807, 2.05) is 0 Å². The van der Waals surface area contributed by atoms with Crippen LogP contribution in [-0.4, -0.2) is 17.0 Å². The molecule has 0 unspecified atom stereocenters. The molecule has 0 aliphatic carbocycles. The van der Waals surface area contributed by atoms with E-state index < -0.39 is 11.9 Å². The summed E-state index contributed by atoms with van der Waals surface area (Å²) in [6.07, 6.45) is 3.12. The summed E-state index contributed by atoms with van der Waals surface area (Å²) >= 11 is 13.0. The van der Waals surface area contributed by atoms with Crippen molar-refractivity contribution in [2.24, 2.45) is 0 Å². The van der Waals surface area contributed by atoms with Crippen molar-refractivity contribution >= 4 is 75.6 Å². The number of carboxylic acid groups (broad SMARTS) is 1. The number of rotatable bonds is 4. The second kappa shape index (κ2) is 7.71. The van der Waals surface area contributed by atoms with E-state index in [1.165, 1.54) is 6.08 Å². The molecule has 0 aromatic heterocycles. The second-order valence-electron chi connectivity index (χ2n) is 3.71. The number of hydrogen-bond acceptors (Lipinski definition) is 2. The van der Waals surface area contributed by atoms with E-state index in [2.05, 4.69) is 75.6 Å². The van der Waals surface area contributed by atoms with E-state index in [9.17, 15) is 14.7 Å². The lowest BCUT2D eigenvalue weighted by Gasteiger charge is -2.15. The van der Waals surface area contributed by atoms with Crippen LogP contribution in [0.5, 0.6) is 0 Å². The normalized spacial score (nSPS) is 11.2. The van der Waals surface area contributed by atoms with E-state index >= 15 is 0 Å². The van der Waals surface area contributed by atoms with Crippen LogP contribution in [0.1, 0.15) is 27.6 Å². The van der Waals surface area contributed by atoms with Gasteiger partial charge in [-0.1, -0.05) is 12.7 Å². The molecule has 0 bridgehead atoms. The third-order valence-corrected chi connectivity index (χ3v) is 7.27. The molecule has 0 fully saturated rings. The summed E-state index contributed by atoms with van der Waals surface area (Å²) in [5.74, 6) is -1.78. The predicted octanol–water partition coefficient (Wildman–Crippen LogP) is 5.25. The molecule has 0 aliphatic heterocycles. The summed E-state index contributed by atoms with van der Waals surface area (Å²) < 4.78 is 1.64. The van der Waals surface area contributed by atoms with Crippen LogP contribution in [0, 0.1) is 0 Å². The fraction of sp³-hybridized carbons (Fsp3) is 0.0769. The minimum Gasteiger partial charge on any atom is -0.478 e. The minimum absolute atomic E-state index is 0.00523. The monoisotopic (exact) mass is 543 g/mol. The van der Waals surface area contributed by atoms with Crippen LogP contribution in [0.15, 0.2) is 42.3 Å². The summed E-state index contributed by atoms with van der Waals surface area (Å²) in [5, 5.41) is 12.0. The Balaban J connectivity index is 3.58. The number of nitrogens with one attached hydrogen (secondary N) is 1. The molecule has 21 heavy (non-hydrogen) atoms. The Kier molecular flexibility index (Phi) is 6.83. The maximum absolute atomic E-state index is 12.4. The van der Waals surface area contributed by atoms with Gasteiger partial charge in [0, 0.05) is 23.6 Å². The van der Waals surface area contributed by atoms with Crippen molar-refractivity contribution in [3.05, 3.63) is 53.4 Å². The Hall–Kier alpha value is -0.440. The minimum atomic E-state index is -1.22. The number of hydrogen-bond donors (Lipinski definition) is 2. The number of halogens is 4. The summed E-state index contributed by atoms with van der Waals surface area (Å²) in [6.45, 7) is 5.30. The molecule has 0 radical (unpaired) electrons. The van der Waals surface area contributed by atoms with Crippen molar-refractivity contribution in [3.63, 3.8) is 0 Å². The zero-order chi connectivity index (χ0) is 16.3. The molecular formula is C13H9Br4NO3. The van der Waals surface area contributed by atoms with Crippen LogP contribution in [0.3, 0.4) is 0 Å². The highest BCUT2D eigenvalue weighted by molar-refractivity contribution is 9.15. The average Bonchev–Trinajstić information content (AvgIpc) is 2.45. The van der Waals surface area contributed by atoms with E-state index in [0.29, 0.717) is 19.1 Å². The van der Waals surface area contributed by atoms with E-state index in [4.69, 9.17) is 0 Å². The van der Waals surface area contributed by atoms with Gasteiger partial charge in [-0.15, -0.1) is 0 Å². The van der Waals surface area contributed by atoms with Crippen LogP contribution >= 0.6 is 63.7 Å². The van der Waals surface area contributed by atoms with Crippen LogP contribution in [0.4, 0.5) is 0 Å². The first kappa shape index (κ1) is 18.6. The highest BCUT2D eigenvalue weighted by Crippen LogP contribution is 2.42. The largest absolute Gasteiger partial charge is 0.478 e. The van der Waals surface area contributed by atoms with Gasteiger partial charge in [0.1, 0.15) is 0 Å². The molecule has 0 atom stereocenters. The molecule has 1 aromatic carbocycles. The van der Waals surface area contributed by atoms with E-state index in [-0.39, 0.29) is 15.6 Å². The van der Waals surface area contributed by atoms with Gasteiger partial charge in [0.15, 0.2) is 0 Å². The molecule has 2 N–H and O–H groups in total. The summed E-state index contributed by atoms with van der Waals surface area (Å²) in [6, 6.07) is 0. The zero-order valence-corrected chi connectivity index (χ0v) is 17.0. The van der Waals surface area contributed by atoms with E-state index in [0.717, 1.165) is 0 Å². The molecule has 0 aliphatic rings. The average molecular weight is 547 g/mol. The van der Waals surface area contributed by atoms with Crippen molar-refractivity contribution < 1.29 is 14.7 Å². The molecule has 4 nitrogen and oxygen atoms in total. The van der Waals surface area contributed by atoms with Gasteiger partial charge in [0.2, 0.25) is 0 Å². The SMILES string of the molecule is C=CC(=CC)NC(=O)c1c(Br)c(Br)c(Br)c(Br)c1C(=O)O. The maximum atomic E-state index is 12.4. The van der Waals surface area contributed by atoms with Crippen LogP contribution in [-0.2, 0) is 0 Å². The third kappa shape index (κ3) is 3.85. The maximum Gasteiger partial charge on any atom is 0.337 e. The number of carboxylic acids is 1. The number of benzene rings is 1. The van der Waals surface area contributed by atoms with E-state index in [1.54, 1.807) is 13.0 Å². The Morgan fingerprint density at radius 3 is 1.90 bits per heavy atom. The van der Waals surface area contributed by atoms with Gasteiger partial charge < -0.3 is 10.4 Å². The smallest absolute Gasteiger partial charge is 0.337 e. The van der Waals surface area contributed by atoms with Gasteiger partial charge in [-0.05, 0) is 76.7 Å². The van der Waals surface area contributed by atoms with Gasteiger partial charge >= 0.3 is 5.97 Å². The Morgan fingerprint density at radius 2 is 1.52 bits per heavy atom. The van der Waals surface area contributed by atoms with Crippen LogP contribution in [0.2, 0.25) is 0 Å². The van der Waals surface area contributed by atoms with Gasteiger partial charge in [-0.3, -0.25) is 4.79 Å². The van der Waals surface area contributed by atoms with Gasteiger partial charge in [-0.2, -0.15) is 0 Å². The lowest BCUT2D eigenvalue weighted by atomic mass is 10.1. The molecule has 0 heterocycles. The highest BCUT2D eigenvalue weighted by atomic mass is 79.9. The number of aromatic carboxylic acids is 1. The predicted molar refractivity (Wildman–Crippen MR) is 95.6 cm³/mol. The first-order valence-electron chi connectivity index (χ1n) is 5.45. The van der Waals surface area contributed by atoms with Gasteiger partial charge in [-0.25, -0.2) is 4.79 Å². The molecule has 8 heteroatoms. The van der Waals surface area contributed by atoms with Crippen molar-refractivity contribution in [2.45, 2.75) is 6.92 Å². The van der Waals surface area contributed by atoms with Gasteiger partial charge in [0.25, 0.3) is 5.91 Å². The molecule has 1 amide bonds. The Bertz CT molecular complexity index is 668. The molecule has 1 aromatic rings. The van der Waals surface area contributed by atoms with Crippen LogP contribution < -0.4 is 5.32 Å². The Labute approximate surface area is 155 Å². The van der Waals surface area contributed by atoms with Crippen molar-refractivity contribution in [3.8, 4) is 0 Å². The zero-order valence-electron chi connectivity index (χ0n) is 10.6. The third-order valence-electron chi connectivity index (χ3n) is 2.50. The standard InChI is InChI=1S/C13H9Br4NO3/c1-3-5(4-2)18-12(19)6-7(13(20)21)9(15)11(17)10(16)8(6)14/h3-4H,1H2,2H3,(H,18,19)(H,20,21). The lowest BCUT2D eigenvalue weighted by Crippen LogP contribution is -2.25. The number of carbonyl (C=O) groups excluding carboxylic acids is 1. The lowest BCUT2D eigenvalue weighted by molar-refractivity contribution is 0.0690. The topological polar surface area (TPSA) is 66.4 Å². The quantitative estimate of drug-likeness (QED) is 0.308. The van der Waals surface area contributed by atoms with Crippen molar-refractivity contribution in [2.75, 3.05) is 0 Å². The first-order chi connectivity index (χ1) is 9.76. The number of amides is 1. The molecule has 0 spiro atoms. The molecule has 112 valence electrons. The fourth-order valence-corrected chi connectivity index (χ4v) is 3.95. The molecular weight excluding hydrogens is 538 g/mol. The summed E-state index contributed by atoms with van der Waals surface area (Å²) in [4.78, 5) is 23.9. The second-order valence-corrected chi connectivity index (χ2v) is 6.89. The molecule has 0 saturated heterocycles. The summed E-state index contributed by atoms with van der Waals surface area (Å²) in [7, 11) is 0. The highest BCUT2D eigenvalue weighted by Gasteiger charge is 2.27. The first-order valence-corrected chi connectivity index (χ1v) is 8.62. The van der Waals surface area contributed by atoms with Gasteiger partial charge in [0.05, 0.1) is 11.1 Å². The fourth-order valence-electron chi connectivity index (χ4n) is 1.48. The number of allylic oxidation sites excluding steroid dienone is 2.